The highest BCUT2D eigenvalue weighted by atomic mass is 16.7. The minimum atomic E-state index is -1.32. The van der Waals surface area contributed by atoms with Gasteiger partial charge in [-0.2, -0.15) is 0 Å². The largest absolute Gasteiger partial charge is 0.394 e. The van der Waals surface area contributed by atoms with Gasteiger partial charge in [0.1, 0.15) is 24.4 Å². The van der Waals surface area contributed by atoms with E-state index in [0.717, 1.165) is 0 Å². The highest BCUT2D eigenvalue weighted by Gasteiger charge is 2.50. The van der Waals surface area contributed by atoms with Crippen molar-refractivity contribution >= 4 is 5.91 Å². The van der Waals surface area contributed by atoms with Crippen molar-refractivity contribution in [2.24, 2.45) is 11.7 Å². The predicted octanol–water partition coefficient (Wildman–Crippen LogP) is -3.36. The topological polar surface area (TPSA) is 173 Å². The number of amides is 1. The van der Waals surface area contributed by atoms with Crippen LogP contribution in [-0.2, 0) is 23.7 Å². The number of ether oxygens (including phenoxy) is 4. The van der Waals surface area contributed by atoms with E-state index < -0.39 is 73.6 Å². The highest BCUT2D eigenvalue weighted by molar-refractivity contribution is 5.73. The van der Waals surface area contributed by atoms with E-state index in [4.69, 9.17) is 24.7 Å². The quantitative estimate of drug-likeness (QED) is 0.267. The fraction of sp³-hybridized carbons (Fsp3) is 0.938. The van der Waals surface area contributed by atoms with Gasteiger partial charge >= 0.3 is 0 Å². The molecular formula is C16H30N2O9. The first-order valence-electron chi connectivity index (χ1n) is 8.84. The number of nitrogens with two attached hydrogens (primary N) is 1. The van der Waals surface area contributed by atoms with Crippen molar-refractivity contribution in [2.75, 3.05) is 20.3 Å². The number of carbonyl (C=O) groups is 1. The summed E-state index contributed by atoms with van der Waals surface area (Å²) in [5, 5.41) is 42.6. The van der Waals surface area contributed by atoms with Crippen LogP contribution < -0.4 is 11.1 Å². The molecule has 11 nitrogen and oxygen atoms in total. The number of rotatable bonds is 6. The zero-order valence-electron chi connectivity index (χ0n) is 15.6. The second kappa shape index (κ2) is 9.54. The van der Waals surface area contributed by atoms with Crippen molar-refractivity contribution in [3.05, 3.63) is 0 Å². The Balaban J connectivity index is 2.19. The maximum Gasteiger partial charge on any atom is 0.217 e. The fourth-order valence-electron chi connectivity index (χ4n) is 3.43. The van der Waals surface area contributed by atoms with Crippen LogP contribution in [0.2, 0.25) is 0 Å². The van der Waals surface area contributed by atoms with Gasteiger partial charge in [0.2, 0.25) is 5.91 Å². The number of aliphatic hydroxyl groups excluding tert-OH is 4. The van der Waals surface area contributed by atoms with Gasteiger partial charge in [-0.1, -0.05) is 6.92 Å². The number of hydrogen-bond donors (Lipinski definition) is 6. The SMILES string of the molecule is CO[C@@H]1OC(CO)[C@@H](O[C@@H]2OC(CO)[C@@H](C)[C@H](O)C2N)[C@H](O)C1NC(C)=O. The second-order valence-corrected chi connectivity index (χ2v) is 6.93. The van der Waals surface area contributed by atoms with E-state index in [0.29, 0.717) is 0 Å². The molecule has 11 heteroatoms. The first-order valence-corrected chi connectivity index (χ1v) is 8.84. The molecule has 7 N–H and O–H groups in total. The summed E-state index contributed by atoms with van der Waals surface area (Å²) in [6, 6.07) is -1.91. The van der Waals surface area contributed by atoms with Crippen molar-refractivity contribution in [3.8, 4) is 0 Å². The molecule has 2 aliphatic rings. The summed E-state index contributed by atoms with van der Waals surface area (Å²) in [6.45, 7) is 2.11. The van der Waals surface area contributed by atoms with Crippen LogP contribution in [0, 0.1) is 5.92 Å². The van der Waals surface area contributed by atoms with Crippen molar-refractivity contribution in [2.45, 2.75) is 69.0 Å². The van der Waals surface area contributed by atoms with Gasteiger partial charge in [0.25, 0.3) is 0 Å². The van der Waals surface area contributed by atoms with Gasteiger partial charge in [-0.15, -0.1) is 0 Å². The van der Waals surface area contributed by atoms with E-state index in [2.05, 4.69) is 5.32 Å². The van der Waals surface area contributed by atoms with E-state index in [1.807, 2.05) is 0 Å². The lowest BCUT2D eigenvalue weighted by molar-refractivity contribution is -0.323. The van der Waals surface area contributed by atoms with Crippen LogP contribution in [0.1, 0.15) is 13.8 Å². The molecule has 0 aromatic heterocycles. The molecule has 2 heterocycles. The Bertz CT molecular complexity index is 495. The molecule has 4 unspecified atom stereocenters. The number of nitrogens with one attached hydrogen (secondary N) is 1. The van der Waals surface area contributed by atoms with Gasteiger partial charge in [0.15, 0.2) is 12.6 Å². The molecule has 10 atom stereocenters. The Labute approximate surface area is 157 Å². The Morgan fingerprint density at radius 3 is 2.22 bits per heavy atom. The monoisotopic (exact) mass is 394 g/mol. The van der Waals surface area contributed by atoms with Gasteiger partial charge in [-0.25, -0.2) is 0 Å². The first kappa shape index (κ1) is 22.4. The van der Waals surface area contributed by atoms with Crippen molar-refractivity contribution in [1.82, 2.24) is 5.32 Å². The molecule has 0 aromatic carbocycles. The molecule has 0 spiro atoms. The summed E-state index contributed by atoms with van der Waals surface area (Å²) < 4.78 is 22.1. The minimum absolute atomic E-state index is 0.349. The van der Waals surface area contributed by atoms with Crippen molar-refractivity contribution < 1.29 is 44.2 Å². The summed E-state index contributed by atoms with van der Waals surface area (Å²) >= 11 is 0. The molecule has 2 saturated heterocycles. The van der Waals surface area contributed by atoms with Crippen molar-refractivity contribution in [1.29, 1.82) is 0 Å². The van der Waals surface area contributed by atoms with Crippen molar-refractivity contribution in [3.63, 3.8) is 0 Å². The summed E-state index contributed by atoms with van der Waals surface area (Å²) in [4.78, 5) is 11.5. The van der Waals surface area contributed by atoms with Crippen LogP contribution in [0.25, 0.3) is 0 Å². The summed E-state index contributed by atoms with van der Waals surface area (Å²) in [5.41, 5.74) is 5.99. The van der Waals surface area contributed by atoms with E-state index in [1.54, 1.807) is 6.92 Å². The third-order valence-electron chi connectivity index (χ3n) is 5.07. The lowest BCUT2D eigenvalue weighted by Crippen LogP contribution is -2.67. The maximum atomic E-state index is 11.5. The van der Waals surface area contributed by atoms with Gasteiger partial charge in [-0.05, 0) is 0 Å². The first-order chi connectivity index (χ1) is 12.7. The van der Waals surface area contributed by atoms with Crippen LogP contribution in [0.5, 0.6) is 0 Å². The molecule has 0 radical (unpaired) electrons. The second-order valence-electron chi connectivity index (χ2n) is 6.93. The van der Waals surface area contributed by atoms with Crippen LogP contribution in [-0.4, -0.2) is 102 Å². The summed E-state index contributed by atoms with van der Waals surface area (Å²) in [7, 11) is 1.34. The lowest BCUT2D eigenvalue weighted by atomic mass is 9.89. The molecule has 0 saturated carbocycles. The molecule has 0 aromatic rings. The number of aliphatic hydroxyl groups is 4. The predicted molar refractivity (Wildman–Crippen MR) is 90.1 cm³/mol. The summed E-state index contributed by atoms with van der Waals surface area (Å²) in [6.07, 6.45) is -7.32. The van der Waals surface area contributed by atoms with Gasteiger partial charge < -0.3 is 50.4 Å². The molecular weight excluding hydrogens is 364 g/mol. The minimum Gasteiger partial charge on any atom is -0.394 e. The number of methoxy groups -OCH3 is 1. The standard InChI is InChI=1S/C16H30N2O9/c1-6-8(4-19)25-15(10(17)12(6)22)27-14-9(5-20)26-16(24-3)11(13(14)23)18-7(2)21/h6,8-16,19-20,22-23H,4-5,17H2,1-3H3,(H,18,21)/t6-,8?,9?,10?,11?,12+,13-,14-,15+,16-/m1/s1. The van der Waals surface area contributed by atoms with Crippen LogP contribution in [0.4, 0.5) is 0 Å². The number of carbonyl (C=O) groups excluding carboxylic acids is 1. The zero-order chi connectivity index (χ0) is 20.3. The Hall–Kier alpha value is -0.890. The van der Waals surface area contributed by atoms with Gasteiger partial charge in [0, 0.05) is 20.0 Å². The average Bonchev–Trinajstić information content (AvgIpc) is 2.64. The lowest BCUT2D eigenvalue weighted by Gasteiger charge is -2.47. The van der Waals surface area contributed by atoms with E-state index in [9.17, 15) is 25.2 Å². The molecule has 2 aliphatic heterocycles. The Morgan fingerprint density at radius 1 is 1.11 bits per heavy atom. The van der Waals surface area contributed by atoms with Crippen LogP contribution in [0.15, 0.2) is 0 Å². The Morgan fingerprint density at radius 2 is 1.70 bits per heavy atom. The molecule has 0 bridgehead atoms. The molecule has 27 heavy (non-hydrogen) atoms. The summed E-state index contributed by atoms with van der Waals surface area (Å²) in [5.74, 6) is -0.836. The third-order valence-corrected chi connectivity index (χ3v) is 5.07. The van der Waals surface area contributed by atoms with Crippen LogP contribution >= 0.6 is 0 Å². The maximum absolute atomic E-state index is 11.5. The molecule has 2 fully saturated rings. The van der Waals surface area contributed by atoms with Crippen LogP contribution in [0.3, 0.4) is 0 Å². The van der Waals surface area contributed by atoms with E-state index in [1.165, 1.54) is 14.0 Å². The highest BCUT2D eigenvalue weighted by Crippen LogP contribution is 2.30. The molecule has 2 rings (SSSR count). The molecule has 1 amide bonds. The zero-order valence-corrected chi connectivity index (χ0v) is 15.6. The molecule has 158 valence electrons. The van der Waals surface area contributed by atoms with Gasteiger partial charge in [-0.3, -0.25) is 4.79 Å². The average molecular weight is 394 g/mol. The molecule has 0 aliphatic carbocycles. The van der Waals surface area contributed by atoms with E-state index in [-0.39, 0.29) is 6.61 Å². The normalized spacial score (nSPS) is 45.5. The van der Waals surface area contributed by atoms with E-state index >= 15 is 0 Å². The van der Waals surface area contributed by atoms with Gasteiger partial charge in [0.05, 0.1) is 31.5 Å². The smallest absolute Gasteiger partial charge is 0.217 e. The fourth-order valence-corrected chi connectivity index (χ4v) is 3.43. The third kappa shape index (κ3) is 4.75. The number of hydrogen-bond acceptors (Lipinski definition) is 10. The Kier molecular flexibility index (Phi) is 7.92.